The molecule has 0 aromatic rings. The van der Waals surface area contributed by atoms with Gasteiger partial charge in [0.15, 0.2) is 0 Å². The van der Waals surface area contributed by atoms with Crippen LogP contribution in [0.15, 0.2) is 23.4 Å². The summed E-state index contributed by atoms with van der Waals surface area (Å²) in [5, 5.41) is 3.07. The lowest BCUT2D eigenvalue weighted by molar-refractivity contribution is 0.691. The number of nitrogens with one attached hydrogen (secondary N) is 1. The summed E-state index contributed by atoms with van der Waals surface area (Å²) in [5.74, 6) is 0. The van der Waals surface area contributed by atoms with Gasteiger partial charge in [-0.15, -0.1) is 0 Å². The zero-order valence-electron chi connectivity index (χ0n) is 6.52. The lowest BCUT2D eigenvalue weighted by atomic mass is 10.00. The van der Waals surface area contributed by atoms with Crippen LogP contribution in [-0.4, -0.2) is 13.1 Å². The first-order valence-corrected chi connectivity index (χ1v) is 3.54. The molecular weight excluding hydrogens is 124 g/mol. The lowest BCUT2D eigenvalue weighted by Gasteiger charge is -2.19. The van der Waals surface area contributed by atoms with Gasteiger partial charge >= 0.3 is 0 Å². The van der Waals surface area contributed by atoms with E-state index in [0.29, 0.717) is 0 Å². The maximum Gasteiger partial charge on any atom is 0.0481 e. The first-order chi connectivity index (χ1) is 4.74. The number of hydrogen-bond acceptors (Lipinski definition) is 2. The van der Waals surface area contributed by atoms with E-state index in [0.717, 1.165) is 12.1 Å². The molecule has 1 aliphatic rings. The SMILES string of the molecule is CNC1=CC=C(C)CC1N. The van der Waals surface area contributed by atoms with Crippen molar-refractivity contribution in [3.05, 3.63) is 23.4 Å². The maximum atomic E-state index is 5.81. The molecule has 1 unspecified atom stereocenters. The Labute approximate surface area is 61.8 Å². The van der Waals surface area contributed by atoms with Crippen molar-refractivity contribution in [2.45, 2.75) is 19.4 Å². The Morgan fingerprint density at radius 1 is 1.60 bits per heavy atom. The molecule has 3 N–H and O–H groups in total. The molecule has 0 saturated carbocycles. The minimum Gasteiger partial charge on any atom is -0.390 e. The maximum absolute atomic E-state index is 5.81. The van der Waals surface area contributed by atoms with Gasteiger partial charge in [-0.1, -0.05) is 11.6 Å². The summed E-state index contributed by atoms with van der Waals surface area (Å²) in [4.78, 5) is 0. The standard InChI is InChI=1S/C8H14N2/c1-6-3-4-8(10-2)7(9)5-6/h3-4,7,10H,5,9H2,1-2H3. The van der Waals surface area contributed by atoms with E-state index in [-0.39, 0.29) is 6.04 Å². The lowest BCUT2D eigenvalue weighted by Crippen LogP contribution is -2.31. The first-order valence-electron chi connectivity index (χ1n) is 3.54. The third kappa shape index (κ3) is 1.39. The molecule has 0 saturated heterocycles. The molecule has 2 heteroatoms. The van der Waals surface area contributed by atoms with Gasteiger partial charge in [0.05, 0.1) is 0 Å². The Kier molecular flexibility index (Phi) is 2.12. The predicted molar refractivity (Wildman–Crippen MR) is 43.5 cm³/mol. The molecule has 56 valence electrons. The minimum absolute atomic E-state index is 0.176. The highest BCUT2D eigenvalue weighted by Crippen LogP contribution is 2.13. The average molecular weight is 138 g/mol. The highest BCUT2D eigenvalue weighted by Gasteiger charge is 2.10. The van der Waals surface area contributed by atoms with Crippen LogP contribution >= 0.6 is 0 Å². The van der Waals surface area contributed by atoms with E-state index >= 15 is 0 Å². The van der Waals surface area contributed by atoms with Crippen LogP contribution in [0, 0.1) is 0 Å². The summed E-state index contributed by atoms with van der Waals surface area (Å²) in [6, 6.07) is 0.176. The molecule has 0 heterocycles. The highest BCUT2D eigenvalue weighted by atomic mass is 14.9. The number of rotatable bonds is 1. The van der Waals surface area contributed by atoms with Crippen LogP contribution in [-0.2, 0) is 0 Å². The Hall–Kier alpha value is -0.760. The van der Waals surface area contributed by atoms with E-state index < -0.39 is 0 Å². The number of allylic oxidation sites excluding steroid dienone is 2. The molecule has 0 aliphatic heterocycles. The van der Waals surface area contributed by atoms with E-state index in [1.165, 1.54) is 5.57 Å². The van der Waals surface area contributed by atoms with Crippen LogP contribution < -0.4 is 11.1 Å². The van der Waals surface area contributed by atoms with Crippen molar-refractivity contribution in [3.8, 4) is 0 Å². The minimum atomic E-state index is 0.176. The van der Waals surface area contributed by atoms with E-state index in [1.807, 2.05) is 13.1 Å². The largest absolute Gasteiger partial charge is 0.390 e. The summed E-state index contributed by atoms with van der Waals surface area (Å²) in [7, 11) is 1.90. The molecule has 1 aliphatic carbocycles. The van der Waals surface area contributed by atoms with E-state index in [4.69, 9.17) is 5.73 Å². The molecule has 0 aromatic carbocycles. The van der Waals surface area contributed by atoms with Crippen LogP contribution in [0.1, 0.15) is 13.3 Å². The third-order valence-corrected chi connectivity index (χ3v) is 1.78. The number of likely N-dealkylation sites (N-methyl/N-ethyl adjacent to an activating group) is 1. The molecule has 0 fully saturated rings. The quantitative estimate of drug-likeness (QED) is 0.561. The van der Waals surface area contributed by atoms with E-state index in [1.54, 1.807) is 0 Å². The second-order valence-corrected chi connectivity index (χ2v) is 2.70. The van der Waals surface area contributed by atoms with Crippen molar-refractivity contribution >= 4 is 0 Å². The monoisotopic (exact) mass is 138 g/mol. The topological polar surface area (TPSA) is 38.0 Å². The fourth-order valence-electron chi connectivity index (χ4n) is 1.15. The van der Waals surface area contributed by atoms with E-state index in [2.05, 4.69) is 18.3 Å². The van der Waals surface area contributed by atoms with Gasteiger partial charge in [0, 0.05) is 18.8 Å². The Bertz CT molecular complexity index is 180. The van der Waals surface area contributed by atoms with Crippen molar-refractivity contribution < 1.29 is 0 Å². The third-order valence-electron chi connectivity index (χ3n) is 1.78. The summed E-state index contributed by atoms with van der Waals surface area (Å²) >= 11 is 0. The van der Waals surface area contributed by atoms with Crippen molar-refractivity contribution in [2.75, 3.05) is 7.05 Å². The first kappa shape index (κ1) is 7.35. The molecule has 1 atom stereocenters. The second-order valence-electron chi connectivity index (χ2n) is 2.70. The van der Waals surface area contributed by atoms with Gasteiger partial charge in [-0.05, 0) is 19.4 Å². The molecule has 1 rings (SSSR count). The molecule has 0 amide bonds. The molecule has 10 heavy (non-hydrogen) atoms. The summed E-state index contributed by atoms with van der Waals surface area (Å²) in [5.41, 5.74) is 8.29. The van der Waals surface area contributed by atoms with Crippen LogP contribution in [0.2, 0.25) is 0 Å². The molecule has 2 nitrogen and oxygen atoms in total. The van der Waals surface area contributed by atoms with Crippen LogP contribution in [0.4, 0.5) is 0 Å². The predicted octanol–water partition coefficient (Wildman–Crippen LogP) is 0.767. The summed E-state index contributed by atoms with van der Waals surface area (Å²) in [6.07, 6.45) is 5.13. The fourth-order valence-corrected chi connectivity index (χ4v) is 1.15. The normalized spacial score (nSPS) is 25.3. The van der Waals surface area contributed by atoms with Crippen molar-refractivity contribution in [1.29, 1.82) is 0 Å². The summed E-state index contributed by atoms with van der Waals surface area (Å²) in [6.45, 7) is 2.10. The number of hydrogen-bond donors (Lipinski definition) is 2. The van der Waals surface area contributed by atoms with Gasteiger partial charge in [-0.3, -0.25) is 0 Å². The van der Waals surface area contributed by atoms with Gasteiger partial charge in [-0.2, -0.15) is 0 Å². The Morgan fingerprint density at radius 2 is 2.30 bits per heavy atom. The zero-order valence-corrected chi connectivity index (χ0v) is 6.52. The second kappa shape index (κ2) is 2.88. The summed E-state index contributed by atoms with van der Waals surface area (Å²) < 4.78 is 0. The zero-order chi connectivity index (χ0) is 7.56. The van der Waals surface area contributed by atoms with Gasteiger partial charge in [0.25, 0.3) is 0 Å². The van der Waals surface area contributed by atoms with Crippen LogP contribution in [0.3, 0.4) is 0 Å². The van der Waals surface area contributed by atoms with Gasteiger partial charge in [0.2, 0.25) is 0 Å². The molecule has 0 aromatic heterocycles. The van der Waals surface area contributed by atoms with Gasteiger partial charge < -0.3 is 11.1 Å². The average Bonchev–Trinajstić information content (AvgIpc) is 1.88. The van der Waals surface area contributed by atoms with Crippen molar-refractivity contribution in [3.63, 3.8) is 0 Å². The van der Waals surface area contributed by atoms with E-state index in [9.17, 15) is 0 Å². The highest BCUT2D eigenvalue weighted by molar-refractivity contribution is 5.26. The Balaban J connectivity index is 2.71. The van der Waals surface area contributed by atoms with Crippen molar-refractivity contribution in [2.24, 2.45) is 5.73 Å². The Morgan fingerprint density at radius 3 is 2.80 bits per heavy atom. The van der Waals surface area contributed by atoms with Gasteiger partial charge in [0.1, 0.15) is 0 Å². The smallest absolute Gasteiger partial charge is 0.0481 e. The van der Waals surface area contributed by atoms with Gasteiger partial charge in [-0.25, -0.2) is 0 Å². The molecular formula is C8H14N2. The fraction of sp³-hybridized carbons (Fsp3) is 0.500. The molecule has 0 spiro atoms. The van der Waals surface area contributed by atoms with Crippen molar-refractivity contribution in [1.82, 2.24) is 5.32 Å². The van der Waals surface area contributed by atoms with Crippen LogP contribution in [0.5, 0.6) is 0 Å². The number of nitrogens with two attached hydrogens (primary N) is 1. The molecule has 0 bridgehead atoms. The molecule has 0 radical (unpaired) electrons. The van der Waals surface area contributed by atoms with Crippen LogP contribution in [0.25, 0.3) is 0 Å².